The van der Waals surface area contributed by atoms with Gasteiger partial charge in [0.05, 0.1) is 18.3 Å². The number of halogens is 1. The summed E-state index contributed by atoms with van der Waals surface area (Å²) in [6.07, 6.45) is 0.829. The molecule has 1 heterocycles. The molecule has 0 radical (unpaired) electrons. The van der Waals surface area contributed by atoms with E-state index < -0.39 is 0 Å². The second kappa shape index (κ2) is 8.78. The van der Waals surface area contributed by atoms with Gasteiger partial charge >= 0.3 is 0 Å². The monoisotopic (exact) mass is 363 g/mol. The maximum Gasteiger partial charge on any atom is 0.267 e. The molecule has 0 bridgehead atoms. The Balaban J connectivity index is 2.16. The number of nitrogens with one attached hydrogen (secondary N) is 1. The van der Waals surface area contributed by atoms with E-state index in [-0.39, 0.29) is 36.6 Å². The van der Waals surface area contributed by atoms with Crippen LogP contribution in [0.3, 0.4) is 0 Å². The third kappa shape index (κ3) is 5.14. The Bertz CT molecular complexity index is 774. The van der Waals surface area contributed by atoms with Crippen LogP contribution in [-0.2, 0) is 11.3 Å². The fraction of sp³-hybridized carbons (Fsp3) is 0.389. The Hall–Kier alpha value is -2.18. The van der Waals surface area contributed by atoms with Crippen LogP contribution in [0.25, 0.3) is 11.3 Å². The number of aliphatic hydroxyl groups excluding tert-OH is 1. The minimum atomic E-state index is -0.364. The molecule has 1 amide bonds. The van der Waals surface area contributed by atoms with Crippen LogP contribution in [0.15, 0.2) is 41.2 Å². The molecule has 0 saturated carbocycles. The van der Waals surface area contributed by atoms with Crippen LogP contribution < -0.4 is 10.9 Å². The minimum Gasteiger partial charge on any atom is -0.394 e. The van der Waals surface area contributed by atoms with Gasteiger partial charge in [-0.3, -0.25) is 9.59 Å². The van der Waals surface area contributed by atoms with Gasteiger partial charge in [0.15, 0.2) is 0 Å². The third-order valence-electron chi connectivity index (χ3n) is 4.17. The number of hydrogen-bond donors (Lipinski definition) is 2. The van der Waals surface area contributed by atoms with Crippen LogP contribution in [0.1, 0.15) is 20.3 Å². The van der Waals surface area contributed by atoms with Gasteiger partial charge in [-0.15, -0.1) is 0 Å². The Morgan fingerprint density at radius 2 is 1.96 bits per heavy atom. The van der Waals surface area contributed by atoms with E-state index in [0.717, 1.165) is 16.7 Å². The second-order valence-corrected chi connectivity index (χ2v) is 6.40. The van der Waals surface area contributed by atoms with E-state index in [1.165, 1.54) is 6.07 Å². The van der Waals surface area contributed by atoms with E-state index in [1.807, 2.05) is 13.8 Å². The fourth-order valence-corrected chi connectivity index (χ4v) is 2.50. The molecule has 6 nitrogen and oxygen atoms in total. The SMILES string of the molecule is CC[C@@H](C)[C@H](CO)NC(=O)Cn1nc(-c2ccc(Cl)cc2)ccc1=O. The fourth-order valence-electron chi connectivity index (χ4n) is 2.38. The summed E-state index contributed by atoms with van der Waals surface area (Å²) >= 11 is 5.88. The molecule has 0 aliphatic heterocycles. The van der Waals surface area contributed by atoms with Crippen molar-refractivity contribution < 1.29 is 9.90 Å². The molecular weight excluding hydrogens is 342 g/mol. The molecule has 1 aromatic carbocycles. The highest BCUT2D eigenvalue weighted by Crippen LogP contribution is 2.18. The smallest absolute Gasteiger partial charge is 0.267 e. The first-order valence-corrected chi connectivity index (χ1v) is 8.56. The molecule has 0 aliphatic carbocycles. The van der Waals surface area contributed by atoms with Gasteiger partial charge < -0.3 is 10.4 Å². The first-order valence-electron chi connectivity index (χ1n) is 8.19. The van der Waals surface area contributed by atoms with Crippen molar-refractivity contribution in [1.82, 2.24) is 15.1 Å². The number of carbonyl (C=O) groups is 1. The Morgan fingerprint density at radius 1 is 1.28 bits per heavy atom. The summed E-state index contributed by atoms with van der Waals surface area (Å²) in [6, 6.07) is 9.71. The van der Waals surface area contributed by atoms with Crippen molar-refractivity contribution in [3.8, 4) is 11.3 Å². The summed E-state index contributed by atoms with van der Waals surface area (Å²) in [5.41, 5.74) is 1.01. The van der Waals surface area contributed by atoms with Gasteiger partial charge in [-0.2, -0.15) is 5.10 Å². The highest BCUT2D eigenvalue weighted by Gasteiger charge is 2.18. The normalized spacial score (nSPS) is 13.3. The Morgan fingerprint density at radius 3 is 2.56 bits per heavy atom. The topological polar surface area (TPSA) is 84.2 Å². The molecule has 134 valence electrons. The molecule has 2 rings (SSSR count). The van der Waals surface area contributed by atoms with Crippen molar-refractivity contribution in [1.29, 1.82) is 0 Å². The van der Waals surface area contributed by atoms with Gasteiger partial charge in [0.1, 0.15) is 6.54 Å². The average Bonchev–Trinajstić information content (AvgIpc) is 2.61. The number of rotatable bonds is 7. The van der Waals surface area contributed by atoms with Gasteiger partial charge in [0.25, 0.3) is 5.56 Å². The predicted octanol–water partition coefficient (Wildman–Crippen LogP) is 2.09. The maximum absolute atomic E-state index is 12.2. The van der Waals surface area contributed by atoms with Gasteiger partial charge in [0, 0.05) is 16.7 Å². The molecule has 25 heavy (non-hydrogen) atoms. The number of aliphatic hydroxyl groups is 1. The lowest BCUT2D eigenvalue weighted by atomic mass is 10.00. The van der Waals surface area contributed by atoms with Crippen LogP contribution in [0, 0.1) is 5.92 Å². The summed E-state index contributed by atoms with van der Waals surface area (Å²) in [7, 11) is 0. The quantitative estimate of drug-likeness (QED) is 0.788. The van der Waals surface area contributed by atoms with Gasteiger partial charge in [-0.05, 0) is 24.1 Å². The molecule has 2 aromatic rings. The maximum atomic E-state index is 12.2. The summed E-state index contributed by atoms with van der Waals surface area (Å²) < 4.78 is 1.12. The van der Waals surface area contributed by atoms with Crippen molar-refractivity contribution >= 4 is 17.5 Å². The summed E-state index contributed by atoms with van der Waals surface area (Å²) in [6.45, 7) is 3.59. The number of nitrogens with zero attached hydrogens (tertiary/aromatic N) is 2. The standard InChI is InChI=1S/C18H22ClN3O3/c1-3-12(2)16(11-23)20-17(24)10-22-18(25)9-8-15(21-22)13-4-6-14(19)7-5-13/h4-9,12,16,23H,3,10-11H2,1-2H3,(H,20,24)/t12-,16+/m1/s1. The number of carbonyl (C=O) groups excluding carboxylic acids is 1. The second-order valence-electron chi connectivity index (χ2n) is 5.96. The zero-order valence-electron chi connectivity index (χ0n) is 14.3. The first kappa shape index (κ1) is 19.1. The third-order valence-corrected chi connectivity index (χ3v) is 4.43. The van der Waals surface area contributed by atoms with Crippen molar-refractivity contribution in [2.24, 2.45) is 5.92 Å². The molecule has 1 aromatic heterocycles. The number of aromatic nitrogens is 2. The van der Waals surface area contributed by atoms with Crippen molar-refractivity contribution in [3.63, 3.8) is 0 Å². The zero-order chi connectivity index (χ0) is 18.4. The molecule has 2 atom stereocenters. The van der Waals surface area contributed by atoms with Crippen molar-refractivity contribution in [2.45, 2.75) is 32.9 Å². The van der Waals surface area contributed by atoms with Crippen LogP contribution >= 0.6 is 11.6 Å². The van der Waals surface area contributed by atoms with E-state index in [9.17, 15) is 14.7 Å². The first-order chi connectivity index (χ1) is 11.9. The largest absolute Gasteiger partial charge is 0.394 e. The van der Waals surface area contributed by atoms with E-state index in [2.05, 4.69) is 10.4 Å². The number of benzene rings is 1. The van der Waals surface area contributed by atoms with Crippen LogP contribution in [0.2, 0.25) is 5.02 Å². The number of hydrogen-bond acceptors (Lipinski definition) is 4. The number of amides is 1. The van der Waals surface area contributed by atoms with E-state index >= 15 is 0 Å². The molecule has 0 aliphatic rings. The van der Waals surface area contributed by atoms with E-state index in [4.69, 9.17) is 11.6 Å². The molecule has 0 spiro atoms. The van der Waals surface area contributed by atoms with E-state index in [1.54, 1.807) is 30.3 Å². The molecule has 0 fully saturated rings. The lowest BCUT2D eigenvalue weighted by Gasteiger charge is -2.22. The summed E-state index contributed by atoms with van der Waals surface area (Å²) in [5.74, 6) is -0.221. The van der Waals surface area contributed by atoms with Crippen LogP contribution in [0.4, 0.5) is 0 Å². The molecule has 2 N–H and O–H groups in total. The lowest BCUT2D eigenvalue weighted by molar-refractivity contribution is -0.123. The molecule has 0 saturated heterocycles. The Kier molecular flexibility index (Phi) is 6.73. The van der Waals surface area contributed by atoms with Gasteiger partial charge in [0.2, 0.25) is 5.91 Å². The van der Waals surface area contributed by atoms with Crippen molar-refractivity contribution in [3.05, 3.63) is 51.8 Å². The molecular formula is C18H22ClN3O3. The van der Waals surface area contributed by atoms with Crippen molar-refractivity contribution in [2.75, 3.05) is 6.61 Å². The average molecular weight is 364 g/mol. The summed E-state index contributed by atoms with van der Waals surface area (Å²) in [5, 5.41) is 17.0. The lowest BCUT2D eigenvalue weighted by Crippen LogP contribution is -2.44. The van der Waals surface area contributed by atoms with Crippen LogP contribution in [0.5, 0.6) is 0 Å². The molecule has 7 heteroatoms. The summed E-state index contributed by atoms with van der Waals surface area (Å²) in [4.78, 5) is 24.2. The highest BCUT2D eigenvalue weighted by molar-refractivity contribution is 6.30. The molecule has 0 unspecified atom stereocenters. The highest BCUT2D eigenvalue weighted by atomic mass is 35.5. The zero-order valence-corrected chi connectivity index (χ0v) is 15.0. The Labute approximate surface area is 151 Å². The van der Waals surface area contributed by atoms with E-state index in [0.29, 0.717) is 10.7 Å². The van der Waals surface area contributed by atoms with Gasteiger partial charge in [-0.1, -0.05) is 44.0 Å². The predicted molar refractivity (Wildman–Crippen MR) is 97.4 cm³/mol. The van der Waals surface area contributed by atoms with Gasteiger partial charge in [-0.25, -0.2) is 4.68 Å². The van der Waals surface area contributed by atoms with Crippen LogP contribution in [-0.4, -0.2) is 33.4 Å². The minimum absolute atomic E-state index is 0.138.